The van der Waals surface area contributed by atoms with Gasteiger partial charge in [-0.1, -0.05) is 12.1 Å². The maximum Gasteiger partial charge on any atom is 0.243 e. The van der Waals surface area contributed by atoms with Crippen molar-refractivity contribution in [1.82, 2.24) is 5.32 Å². The topological polar surface area (TPSA) is 58.2 Å². The molecule has 0 aliphatic carbocycles. The predicted molar refractivity (Wildman–Crippen MR) is 58.6 cm³/mol. The van der Waals surface area contributed by atoms with E-state index in [0.717, 1.165) is 16.8 Å². The summed E-state index contributed by atoms with van der Waals surface area (Å²) in [5, 5.41) is 5.04. The summed E-state index contributed by atoms with van der Waals surface area (Å²) in [7, 11) is 0. The van der Waals surface area contributed by atoms with Gasteiger partial charge in [0.2, 0.25) is 12.3 Å². The van der Waals surface area contributed by atoms with Gasteiger partial charge in [0.05, 0.1) is 6.54 Å². The van der Waals surface area contributed by atoms with Crippen molar-refractivity contribution in [2.45, 2.75) is 13.8 Å². The first-order valence-electron chi connectivity index (χ1n) is 4.68. The Hall–Kier alpha value is -1.84. The minimum atomic E-state index is -0.226. The van der Waals surface area contributed by atoms with Gasteiger partial charge in [-0.3, -0.25) is 9.59 Å². The van der Waals surface area contributed by atoms with Gasteiger partial charge in [0.1, 0.15) is 0 Å². The number of nitrogens with one attached hydrogen (secondary N) is 2. The number of carbonyl (C=O) groups excluding carboxylic acids is 2. The minimum absolute atomic E-state index is 0.00309. The molecule has 1 aromatic rings. The SMILES string of the molecule is Cc1cccc(NC(=O)CNC=O)c1C. The lowest BCUT2D eigenvalue weighted by Gasteiger charge is -2.09. The van der Waals surface area contributed by atoms with Crippen LogP contribution < -0.4 is 10.6 Å². The van der Waals surface area contributed by atoms with Crippen molar-refractivity contribution >= 4 is 18.0 Å². The Morgan fingerprint density at radius 3 is 2.80 bits per heavy atom. The van der Waals surface area contributed by atoms with E-state index < -0.39 is 0 Å². The molecule has 4 heteroatoms. The Bertz CT molecular complexity index is 375. The predicted octanol–water partition coefficient (Wildman–Crippen LogP) is 0.988. The molecule has 2 amide bonds. The van der Waals surface area contributed by atoms with Crippen LogP contribution in [0.15, 0.2) is 18.2 Å². The van der Waals surface area contributed by atoms with Crippen LogP contribution in [0, 0.1) is 13.8 Å². The molecule has 2 N–H and O–H groups in total. The molecule has 0 aromatic heterocycles. The molecular weight excluding hydrogens is 192 g/mol. The molecule has 0 aliphatic rings. The van der Waals surface area contributed by atoms with Gasteiger partial charge in [-0.25, -0.2) is 0 Å². The van der Waals surface area contributed by atoms with Crippen LogP contribution in [0.5, 0.6) is 0 Å². The lowest BCUT2D eigenvalue weighted by atomic mass is 10.1. The molecule has 0 spiro atoms. The smallest absolute Gasteiger partial charge is 0.243 e. The largest absolute Gasteiger partial charge is 0.350 e. The molecule has 0 fully saturated rings. The van der Waals surface area contributed by atoms with E-state index >= 15 is 0 Å². The number of rotatable bonds is 4. The number of hydrogen-bond donors (Lipinski definition) is 2. The number of carbonyl (C=O) groups is 2. The second-order valence-electron chi connectivity index (χ2n) is 3.29. The Morgan fingerprint density at radius 1 is 1.40 bits per heavy atom. The summed E-state index contributed by atoms with van der Waals surface area (Å²) in [4.78, 5) is 21.3. The van der Waals surface area contributed by atoms with Crippen molar-refractivity contribution in [3.05, 3.63) is 29.3 Å². The van der Waals surface area contributed by atoms with Crippen LogP contribution in [-0.4, -0.2) is 18.9 Å². The van der Waals surface area contributed by atoms with Crippen LogP contribution in [0.3, 0.4) is 0 Å². The molecule has 0 heterocycles. The molecule has 0 aliphatic heterocycles. The first-order valence-corrected chi connectivity index (χ1v) is 4.68. The van der Waals surface area contributed by atoms with E-state index in [4.69, 9.17) is 0 Å². The zero-order chi connectivity index (χ0) is 11.3. The number of benzene rings is 1. The maximum absolute atomic E-state index is 11.3. The first kappa shape index (κ1) is 11.2. The highest BCUT2D eigenvalue weighted by Crippen LogP contribution is 2.17. The van der Waals surface area contributed by atoms with Crippen molar-refractivity contribution in [3.8, 4) is 0 Å². The highest BCUT2D eigenvalue weighted by molar-refractivity contribution is 5.93. The fourth-order valence-corrected chi connectivity index (χ4v) is 1.22. The van der Waals surface area contributed by atoms with Crippen LogP contribution >= 0.6 is 0 Å². The quantitative estimate of drug-likeness (QED) is 0.722. The maximum atomic E-state index is 11.3. The van der Waals surface area contributed by atoms with Gasteiger partial charge in [0, 0.05) is 5.69 Å². The van der Waals surface area contributed by atoms with E-state index in [1.807, 2.05) is 32.0 Å². The van der Waals surface area contributed by atoms with E-state index in [9.17, 15) is 9.59 Å². The molecule has 15 heavy (non-hydrogen) atoms. The van der Waals surface area contributed by atoms with Gasteiger partial charge < -0.3 is 10.6 Å². The summed E-state index contributed by atoms with van der Waals surface area (Å²) in [5.74, 6) is -0.226. The molecule has 1 rings (SSSR count). The summed E-state index contributed by atoms with van der Waals surface area (Å²) in [6.45, 7) is 3.92. The van der Waals surface area contributed by atoms with E-state index in [0.29, 0.717) is 6.41 Å². The summed E-state index contributed by atoms with van der Waals surface area (Å²) in [6, 6.07) is 5.70. The Kier molecular flexibility index (Phi) is 3.85. The van der Waals surface area contributed by atoms with Crippen molar-refractivity contribution in [2.75, 3.05) is 11.9 Å². The third kappa shape index (κ3) is 3.09. The lowest BCUT2D eigenvalue weighted by molar-refractivity contribution is -0.118. The molecule has 80 valence electrons. The summed E-state index contributed by atoms with van der Waals surface area (Å²) in [5.41, 5.74) is 2.95. The third-order valence-electron chi connectivity index (χ3n) is 2.22. The van der Waals surface area contributed by atoms with Gasteiger partial charge in [-0.05, 0) is 31.0 Å². The lowest BCUT2D eigenvalue weighted by Crippen LogP contribution is -2.27. The van der Waals surface area contributed by atoms with E-state index in [-0.39, 0.29) is 12.5 Å². The number of aryl methyl sites for hydroxylation is 1. The van der Waals surface area contributed by atoms with Gasteiger partial charge in [-0.2, -0.15) is 0 Å². The van der Waals surface area contributed by atoms with Crippen LogP contribution in [0.2, 0.25) is 0 Å². The molecule has 0 radical (unpaired) electrons. The zero-order valence-electron chi connectivity index (χ0n) is 8.83. The molecule has 0 atom stereocenters. The molecule has 0 saturated carbocycles. The van der Waals surface area contributed by atoms with Crippen LogP contribution in [0.1, 0.15) is 11.1 Å². The molecular formula is C11H14N2O2. The van der Waals surface area contributed by atoms with E-state index in [2.05, 4.69) is 10.6 Å². The van der Waals surface area contributed by atoms with Gasteiger partial charge in [0.25, 0.3) is 0 Å². The van der Waals surface area contributed by atoms with Crippen molar-refractivity contribution in [2.24, 2.45) is 0 Å². The Morgan fingerprint density at radius 2 is 2.13 bits per heavy atom. The molecule has 0 unspecified atom stereocenters. The second-order valence-corrected chi connectivity index (χ2v) is 3.29. The molecule has 0 saturated heterocycles. The highest BCUT2D eigenvalue weighted by Gasteiger charge is 2.04. The van der Waals surface area contributed by atoms with Crippen molar-refractivity contribution in [1.29, 1.82) is 0 Å². The third-order valence-corrected chi connectivity index (χ3v) is 2.22. The average Bonchev–Trinajstić information content (AvgIpc) is 2.22. The van der Waals surface area contributed by atoms with E-state index in [1.54, 1.807) is 0 Å². The fraction of sp³-hybridized carbons (Fsp3) is 0.273. The molecule has 1 aromatic carbocycles. The Labute approximate surface area is 88.7 Å². The van der Waals surface area contributed by atoms with Crippen molar-refractivity contribution in [3.63, 3.8) is 0 Å². The van der Waals surface area contributed by atoms with Gasteiger partial charge in [0.15, 0.2) is 0 Å². The highest BCUT2D eigenvalue weighted by atomic mass is 16.2. The molecule has 4 nitrogen and oxygen atoms in total. The summed E-state index contributed by atoms with van der Waals surface area (Å²) in [6.07, 6.45) is 0.503. The standard InChI is InChI=1S/C11H14N2O2/c1-8-4-3-5-10(9(8)2)13-11(15)6-12-7-14/h3-5,7H,6H2,1-2H3,(H,12,14)(H,13,15). The van der Waals surface area contributed by atoms with Gasteiger partial charge >= 0.3 is 0 Å². The number of amides is 2. The van der Waals surface area contributed by atoms with Crippen LogP contribution in [0.25, 0.3) is 0 Å². The fourth-order valence-electron chi connectivity index (χ4n) is 1.22. The number of hydrogen-bond acceptors (Lipinski definition) is 2. The minimum Gasteiger partial charge on any atom is -0.350 e. The Balaban J connectivity index is 2.68. The monoisotopic (exact) mass is 206 g/mol. The summed E-state index contributed by atoms with van der Waals surface area (Å²) >= 11 is 0. The van der Waals surface area contributed by atoms with Gasteiger partial charge in [-0.15, -0.1) is 0 Å². The van der Waals surface area contributed by atoms with E-state index in [1.165, 1.54) is 0 Å². The zero-order valence-corrected chi connectivity index (χ0v) is 8.83. The average molecular weight is 206 g/mol. The summed E-state index contributed by atoms with van der Waals surface area (Å²) < 4.78 is 0. The normalized spacial score (nSPS) is 9.47. The van der Waals surface area contributed by atoms with Crippen LogP contribution in [0.4, 0.5) is 5.69 Å². The molecule has 0 bridgehead atoms. The van der Waals surface area contributed by atoms with Crippen molar-refractivity contribution < 1.29 is 9.59 Å². The number of anilines is 1. The first-order chi connectivity index (χ1) is 7.15. The van der Waals surface area contributed by atoms with Crippen LogP contribution in [-0.2, 0) is 9.59 Å². The second kappa shape index (κ2) is 5.14.